The summed E-state index contributed by atoms with van der Waals surface area (Å²) in [6.07, 6.45) is 9.07. The molecule has 4 N–H and O–H groups in total. The molecule has 0 aliphatic heterocycles. The monoisotopic (exact) mass is 554 g/mol. The number of phosphoric ester groups is 1. The van der Waals surface area contributed by atoms with Crippen molar-refractivity contribution in [3.8, 4) is 0 Å². The summed E-state index contributed by atoms with van der Waals surface area (Å²) in [7, 11) is -4.58. The Hall–Kier alpha value is -0.460. The molecule has 218 valence electrons. The minimum Gasteiger partial charge on any atom is -0.481 e. The van der Waals surface area contributed by atoms with Crippen molar-refractivity contribution in [2.45, 2.75) is 112 Å². The van der Waals surface area contributed by atoms with Gasteiger partial charge in [0.1, 0.15) is 0 Å². The van der Waals surface area contributed by atoms with E-state index < -0.39 is 19.2 Å². The molecule has 7 nitrogen and oxygen atoms in total. The lowest BCUT2D eigenvalue weighted by molar-refractivity contribution is -0.249. The maximum Gasteiger partial charge on any atom is 0.469 e. The smallest absolute Gasteiger partial charge is 0.469 e. The van der Waals surface area contributed by atoms with Gasteiger partial charge in [0.05, 0.1) is 18.1 Å². The Morgan fingerprint density at radius 3 is 2.21 bits per heavy atom. The van der Waals surface area contributed by atoms with Gasteiger partial charge in [-0.15, -0.1) is 0 Å². The normalized spacial score (nSPS) is 50.8. The quantitative estimate of drug-likeness (QED) is 0.296. The third-order valence-corrected chi connectivity index (χ3v) is 14.6. The van der Waals surface area contributed by atoms with E-state index in [1.807, 2.05) is 6.92 Å². The Morgan fingerprint density at radius 1 is 0.895 bits per heavy atom. The van der Waals surface area contributed by atoms with Gasteiger partial charge in [-0.05, 0) is 121 Å². The lowest BCUT2D eigenvalue weighted by Gasteiger charge is -2.72. The molecule has 0 radical (unpaired) electrons. The van der Waals surface area contributed by atoms with Crippen LogP contribution in [0.25, 0.3) is 0 Å². The second kappa shape index (κ2) is 9.02. The molecule has 0 heterocycles. The first-order chi connectivity index (χ1) is 17.4. The van der Waals surface area contributed by atoms with E-state index in [9.17, 15) is 29.4 Å². The average molecular weight is 555 g/mol. The number of hydrogen-bond donors (Lipinski definition) is 4. The lowest BCUT2D eigenvalue weighted by atomic mass is 9.32. The van der Waals surface area contributed by atoms with Gasteiger partial charge in [0, 0.05) is 0 Å². The Balaban J connectivity index is 1.51. The molecule has 0 aromatic carbocycles. The fourth-order valence-corrected chi connectivity index (χ4v) is 12.4. The summed E-state index contributed by atoms with van der Waals surface area (Å²) in [5, 5.41) is 21.6. The predicted molar refractivity (Wildman–Crippen MR) is 145 cm³/mol. The average Bonchev–Trinajstić information content (AvgIpc) is 3.21. The van der Waals surface area contributed by atoms with Gasteiger partial charge in [-0.1, -0.05) is 41.5 Å². The molecule has 11 atom stereocenters. The van der Waals surface area contributed by atoms with Crippen molar-refractivity contribution in [1.82, 2.24) is 0 Å². The number of aliphatic hydroxyl groups excluding tert-OH is 1. The maximum absolute atomic E-state index is 12.9. The first-order valence-corrected chi connectivity index (χ1v) is 16.6. The van der Waals surface area contributed by atoms with E-state index in [4.69, 9.17) is 4.52 Å². The first-order valence-electron chi connectivity index (χ1n) is 15.1. The summed E-state index contributed by atoms with van der Waals surface area (Å²) in [6.45, 7) is 14.0. The van der Waals surface area contributed by atoms with Crippen molar-refractivity contribution in [3.05, 3.63) is 0 Å². The van der Waals surface area contributed by atoms with E-state index in [0.29, 0.717) is 24.7 Å². The van der Waals surface area contributed by atoms with E-state index in [1.165, 1.54) is 0 Å². The highest BCUT2D eigenvalue weighted by Gasteiger charge is 2.72. The van der Waals surface area contributed by atoms with Crippen LogP contribution in [0, 0.1) is 62.6 Å². The number of carboxylic acid groups (broad SMARTS) is 1. The molecule has 0 aromatic heterocycles. The minimum atomic E-state index is -4.58. The second-order valence-corrected chi connectivity index (χ2v) is 16.7. The van der Waals surface area contributed by atoms with Gasteiger partial charge < -0.3 is 20.0 Å². The second-order valence-electron chi connectivity index (χ2n) is 15.5. The van der Waals surface area contributed by atoms with Gasteiger partial charge in [-0.3, -0.25) is 9.32 Å². The SMILES string of the molecule is CC(COP(=O)(O)O)[C@@H]1CC[C@]2(C(=O)O)CC[C@]3(C)C(CCC4[C@@]5(C)CC[C@H](O)C(C)(C)C5CC[C@]43C)C12. The number of phosphoric acid groups is 1. The molecule has 0 amide bonds. The number of aliphatic carboxylic acids is 1. The van der Waals surface area contributed by atoms with E-state index in [0.717, 1.165) is 51.4 Å². The molecule has 5 fully saturated rings. The summed E-state index contributed by atoms with van der Waals surface area (Å²) in [4.78, 5) is 31.6. The minimum absolute atomic E-state index is 0.00189. The zero-order valence-corrected chi connectivity index (χ0v) is 25.2. The number of hydrogen-bond acceptors (Lipinski definition) is 4. The number of rotatable bonds is 5. The molecule has 0 aromatic rings. The largest absolute Gasteiger partial charge is 0.481 e. The van der Waals surface area contributed by atoms with Gasteiger partial charge in [0.2, 0.25) is 0 Å². The van der Waals surface area contributed by atoms with Crippen molar-refractivity contribution in [2.75, 3.05) is 6.61 Å². The van der Waals surface area contributed by atoms with Crippen LogP contribution in [-0.2, 0) is 13.9 Å². The molecule has 5 aliphatic rings. The number of carboxylic acids is 1. The van der Waals surface area contributed by atoms with Crippen molar-refractivity contribution in [3.63, 3.8) is 0 Å². The van der Waals surface area contributed by atoms with Crippen LogP contribution >= 0.6 is 7.82 Å². The highest BCUT2D eigenvalue weighted by atomic mass is 31.2. The zero-order valence-electron chi connectivity index (χ0n) is 24.3. The molecule has 5 rings (SSSR count). The van der Waals surface area contributed by atoms with Gasteiger partial charge in [-0.2, -0.15) is 0 Å². The summed E-state index contributed by atoms with van der Waals surface area (Å²) < 4.78 is 16.4. The van der Waals surface area contributed by atoms with Gasteiger partial charge in [0.15, 0.2) is 0 Å². The molecular weight excluding hydrogens is 503 g/mol. The highest BCUT2D eigenvalue weighted by Crippen LogP contribution is 2.77. The fraction of sp³-hybridized carbons (Fsp3) is 0.967. The molecule has 0 bridgehead atoms. The van der Waals surface area contributed by atoms with Crippen LogP contribution < -0.4 is 0 Å². The Bertz CT molecular complexity index is 1010. The third kappa shape index (κ3) is 3.88. The zero-order chi connectivity index (χ0) is 28.1. The van der Waals surface area contributed by atoms with Crippen molar-refractivity contribution in [2.24, 2.45) is 62.6 Å². The molecule has 5 aliphatic carbocycles. The first kappa shape index (κ1) is 29.0. The van der Waals surface area contributed by atoms with Crippen LogP contribution in [0.2, 0.25) is 0 Å². The Labute approximate surface area is 228 Å². The molecule has 8 heteroatoms. The van der Waals surface area contributed by atoms with Crippen LogP contribution in [0.3, 0.4) is 0 Å². The van der Waals surface area contributed by atoms with Crippen LogP contribution in [0.1, 0.15) is 106 Å². The summed E-state index contributed by atoms with van der Waals surface area (Å²) in [5.74, 6) is 0.606. The van der Waals surface area contributed by atoms with Crippen LogP contribution in [0.15, 0.2) is 0 Å². The van der Waals surface area contributed by atoms with Gasteiger partial charge in [-0.25, -0.2) is 4.57 Å². The number of aliphatic hydroxyl groups is 1. The number of fused-ring (bicyclic) bond motifs is 7. The summed E-state index contributed by atoms with van der Waals surface area (Å²) in [5.41, 5.74) is -0.553. The maximum atomic E-state index is 12.9. The van der Waals surface area contributed by atoms with Gasteiger partial charge in [0.25, 0.3) is 0 Å². The summed E-state index contributed by atoms with van der Waals surface area (Å²) in [6, 6.07) is 0. The van der Waals surface area contributed by atoms with Crippen molar-refractivity contribution in [1.29, 1.82) is 0 Å². The van der Waals surface area contributed by atoms with Crippen molar-refractivity contribution < 1.29 is 33.9 Å². The van der Waals surface area contributed by atoms with Crippen LogP contribution in [0.5, 0.6) is 0 Å². The van der Waals surface area contributed by atoms with Crippen LogP contribution in [0.4, 0.5) is 0 Å². The van der Waals surface area contributed by atoms with E-state index in [-0.39, 0.29) is 58.0 Å². The van der Waals surface area contributed by atoms with E-state index >= 15 is 0 Å². The Morgan fingerprint density at radius 2 is 1.58 bits per heavy atom. The van der Waals surface area contributed by atoms with Gasteiger partial charge >= 0.3 is 13.8 Å². The van der Waals surface area contributed by atoms with Crippen molar-refractivity contribution >= 4 is 13.8 Å². The topological polar surface area (TPSA) is 124 Å². The standard InChI is InChI=1S/C30H51O7P/c1-18(17-37-38(34,35)36)19-9-14-30(25(32)33)16-15-28(5)20(24(19)30)7-8-22-27(4)12-11-23(31)26(2,3)21(27)10-13-29(22,28)6/h18-24,31H,7-17H2,1-6H3,(H,32,33)(H2,34,35,36)/t18?,19-,20?,21?,22?,23-,24?,27-,28+,29+,30-/m0/s1. The van der Waals surface area contributed by atoms with E-state index in [2.05, 4.69) is 34.6 Å². The van der Waals surface area contributed by atoms with Crippen LogP contribution in [-0.4, -0.2) is 38.7 Å². The van der Waals surface area contributed by atoms with E-state index in [1.54, 1.807) is 0 Å². The lowest BCUT2D eigenvalue weighted by Crippen LogP contribution is -2.67. The fourth-order valence-electron chi connectivity index (χ4n) is 12.0. The molecule has 0 spiro atoms. The highest BCUT2D eigenvalue weighted by molar-refractivity contribution is 7.46. The number of carbonyl (C=O) groups is 1. The molecule has 0 saturated heterocycles. The molecule has 38 heavy (non-hydrogen) atoms. The summed E-state index contributed by atoms with van der Waals surface area (Å²) >= 11 is 0. The molecule has 5 unspecified atom stereocenters. The third-order valence-electron chi connectivity index (χ3n) is 14.1. The molecule has 5 saturated carbocycles. The molecular formula is C30H51O7P. The Kier molecular flexibility index (Phi) is 6.89. The predicted octanol–water partition coefficient (Wildman–Crippen LogP) is 6.26.